The number of anilines is 1. The van der Waals surface area contributed by atoms with Crippen LogP contribution in [0.2, 0.25) is 0 Å². The quantitative estimate of drug-likeness (QED) is 0.889. The molecule has 0 radical (unpaired) electrons. The molecule has 0 bridgehead atoms. The fourth-order valence-electron chi connectivity index (χ4n) is 1.80. The molecule has 1 aromatic heterocycles. The number of nitrogens with two attached hydrogens (primary N) is 1. The highest BCUT2D eigenvalue weighted by atomic mass is 32.2. The molecule has 3 N–H and O–H groups in total. The Morgan fingerprint density at radius 2 is 2.10 bits per heavy atom. The lowest BCUT2D eigenvalue weighted by Crippen LogP contribution is -2.25. The van der Waals surface area contributed by atoms with E-state index in [4.69, 9.17) is 5.73 Å². The molecule has 108 valence electrons. The predicted octanol–water partition coefficient (Wildman–Crippen LogP) is 2.30. The van der Waals surface area contributed by atoms with Gasteiger partial charge in [-0.2, -0.15) is 0 Å². The van der Waals surface area contributed by atoms with Crippen LogP contribution >= 0.6 is 11.3 Å². The third-order valence-corrected chi connectivity index (χ3v) is 5.77. The van der Waals surface area contributed by atoms with E-state index in [0.29, 0.717) is 12.1 Å². The fourth-order valence-corrected chi connectivity index (χ4v) is 3.96. The Labute approximate surface area is 121 Å². The van der Waals surface area contributed by atoms with Crippen LogP contribution in [0.4, 0.5) is 10.1 Å². The summed E-state index contributed by atoms with van der Waals surface area (Å²) in [5, 5.41) is 1.58. The van der Waals surface area contributed by atoms with Crippen LogP contribution in [0.5, 0.6) is 0 Å². The van der Waals surface area contributed by atoms with Gasteiger partial charge in [-0.15, -0.1) is 11.3 Å². The monoisotopic (exact) mass is 314 g/mol. The number of benzene rings is 1. The van der Waals surface area contributed by atoms with Gasteiger partial charge < -0.3 is 5.73 Å². The summed E-state index contributed by atoms with van der Waals surface area (Å²) < 4.78 is 39.6. The van der Waals surface area contributed by atoms with Gasteiger partial charge in [0.25, 0.3) is 0 Å². The van der Waals surface area contributed by atoms with Crippen molar-refractivity contribution in [1.29, 1.82) is 0 Å². The minimum atomic E-state index is -3.52. The predicted molar refractivity (Wildman–Crippen MR) is 78.8 cm³/mol. The minimum absolute atomic E-state index is 0.200. The zero-order valence-corrected chi connectivity index (χ0v) is 12.5. The molecule has 7 heteroatoms. The molecule has 0 spiro atoms. The maximum atomic E-state index is 13.0. The van der Waals surface area contributed by atoms with Crippen LogP contribution < -0.4 is 10.5 Å². The maximum absolute atomic E-state index is 13.0. The van der Waals surface area contributed by atoms with E-state index in [-0.39, 0.29) is 16.6 Å². The van der Waals surface area contributed by atoms with Gasteiger partial charge in [0, 0.05) is 17.6 Å². The summed E-state index contributed by atoms with van der Waals surface area (Å²) in [5.74, 6) is -0.291. The first-order valence-corrected chi connectivity index (χ1v) is 8.33. The van der Waals surface area contributed by atoms with E-state index in [1.54, 1.807) is 18.4 Å². The first kappa shape index (κ1) is 15.0. The third-order valence-electron chi connectivity index (χ3n) is 2.85. The van der Waals surface area contributed by atoms with Crippen LogP contribution in [0.3, 0.4) is 0 Å². The van der Waals surface area contributed by atoms with Crippen molar-refractivity contribution in [3.8, 4) is 0 Å². The Morgan fingerprint density at radius 1 is 1.35 bits per heavy atom. The molecule has 0 saturated heterocycles. The molecule has 20 heavy (non-hydrogen) atoms. The van der Waals surface area contributed by atoms with Gasteiger partial charge >= 0.3 is 0 Å². The number of halogens is 1. The molecule has 0 aliphatic rings. The Bertz CT molecular complexity index is 711. The molecule has 0 atom stereocenters. The van der Waals surface area contributed by atoms with Gasteiger partial charge in [-0.3, -0.25) is 0 Å². The maximum Gasteiger partial charge on any atom is 0.250 e. The molecule has 0 aliphatic carbocycles. The number of nitrogens with one attached hydrogen (secondary N) is 1. The van der Waals surface area contributed by atoms with Crippen molar-refractivity contribution in [2.75, 3.05) is 12.3 Å². The van der Waals surface area contributed by atoms with Gasteiger partial charge in [0.1, 0.15) is 10.0 Å². The number of hydrogen-bond acceptors (Lipinski definition) is 4. The van der Waals surface area contributed by atoms with Crippen LogP contribution in [-0.4, -0.2) is 15.0 Å². The van der Waals surface area contributed by atoms with Crippen molar-refractivity contribution in [1.82, 2.24) is 4.72 Å². The van der Waals surface area contributed by atoms with E-state index in [2.05, 4.69) is 4.72 Å². The van der Waals surface area contributed by atoms with Gasteiger partial charge in [-0.25, -0.2) is 17.5 Å². The summed E-state index contributed by atoms with van der Waals surface area (Å²) in [4.78, 5) is 0. The normalized spacial score (nSPS) is 11.7. The van der Waals surface area contributed by atoms with Crippen LogP contribution in [0.15, 0.2) is 33.9 Å². The molecule has 4 nitrogen and oxygen atoms in total. The Morgan fingerprint density at radius 3 is 2.70 bits per heavy atom. The Hall–Kier alpha value is -1.44. The second kappa shape index (κ2) is 5.90. The minimum Gasteiger partial charge on any atom is -0.398 e. The summed E-state index contributed by atoms with van der Waals surface area (Å²) in [6, 6.07) is 5.90. The van der Waals surface area contributed by atoms with Gasteiger partial charge in [-0.1, -0.05) is 6.07 Å². The number of rotatable bonds is 5. The van der Waals surface area contributed by atoms with Crippen molar-refractivity contribution >= 4 is 27.0 Å². The number of aryl methyl sites for hydroxylation is 1. The summed E-state index contributed by atoms with van der Waals surface area (Å²) in [6.07, 6.45) is 0.506. The molecule has 2 aromatic rings. The molecular formula is C13H15FN2O2S2. The van der Waals surface area contributed by atoms with E-state index in [9.17, 15) is 12.8 Å². The largest absolute Gasteiger partial charge is 0.398 e. The van der Waals surface area contributed by atoms with Crippen LogP contribution in [0.25, 0.3) is 0 Å². The van der Waals surface area contributed by atoms with E-state index in [1.807, 2.05) is 0 Å². The van der Waals surface area contributed by atoms with E-state index in [1.165, 1.54) is 18.2 Å². The van der Waals surface area contributed by atoms with Gasteiger partial charge in [0.05, 0.1) is 0 Å². The lowest BCUT2D eigenvalue weighted by molar-refractivity contribution is 0.583. The fraction of sp³-hybridized carbons (Fsp3) is 0.231. The number of thiophene rings is 1. The van der Waals surface area contributed by atoms with Gasteiger partial charge in [0.2, 0.25) is 10.0 Å². The third kappa shape index (κ3) is 3.56. The van der Waals surface area contributed by atoms with Gasteiger partial charge in [0.15, 0.2) is 0 Å². The van der Waals surface area contributed by atoms with Crippen LogP contribution in [-0.2, 0) is 16.4 Å². The SMILES string of the molecule is Cc1cc(F)ccc1CCNS(=O)(=O)c1cc(N)cs1. The smallest absolute Gasteiger partial charge is 0.250 e. The molecule has 0 amide bonds. The number of hydrogen-bond donors (Lipinski definition) is 2. The molecule has 1 aromatic carbocycles. The van der Waals surface area contributed by atoms with Crippen molar-refractivity contribution in [3.63, 3.8) is 0 Å². The summed E-state index contributed by atoms with van der Waals surface area (Å²) in [6.45, 7) is 2.06. The first-order valence-electron chi connectivity index (χ1n) is 5.97. The number of sulfonamides is 1. The van der Waals surface area contributed by atoms with Crippen LogP contribution in [0, 0.1) is 12.7 Å². The van der Waals surface area contributed by atoms with E-state index < -0.39 is 10.0 Å². The Kier molecular flexibility index (Phi) is 4.42. The van der Waals surface area contributed by atoms with Crippen LogP contribution in [0.1, 0.15) is 11.1 Å². The zero-order chi connectivity index (χ0) is 14.8. The molecule has 0 unspecified atom stereocenters. The lowest BCUT2D eigenvalue weighted by Gasteiger charge is -2.07. The second-order valence-corrected chi connectivity index (χ2v) is 7.32. The van der Waals surface area contributed by atoms with Crippen molar-refractivity contribution in [2.45, 2.75) is 17.6 Å². The topological polar surface area (TPSA) is 72.2 Å². The molecular weight excluding hydrogens is 299 g/mol. The van der Waals surface area contributed by atoms with Gasteiger partial charge in [-0.05, 0) is 42.7 Å². The van der Waals surface area contributed by atoms with Crippen molar-refractivity contribution in [3.05, 3.63) is 46.6 Å². The average Bonchev–Trinajstić information content (AvgIpc) is 2.79. The van der Waals surface area contributed by atoms with E-state index in [0.717, 1.165) is 22.5 Å². The average molecular weight is 314 g/mol. The molecule has 1 heterocycles. The van der Waals surface area contributed by atoms with Crippen molar-refractivity contribution < 1.29 is 12.8 Å². The lowest BCUT2D eigenvalue weighted by atomic mass is 10.1. The molecule has 0 aliphatic heterocycles. The number of nitrogen functional groups attached to an aromatic ring is 1. The summed E-state index contributed by atoms with van der Waals surface area (Å²) in [7, 11) is -3.52. The van der Waals surface area contributed by atoms with E-state index >= 15 is 0 Å². The zero-order valence-electron chi connectivity index (χ0n) is 10.9. The highest BCUT2D eigenvalue weighted by Gasteiger charge is 2.15. The summed E-state index contributed by atoms with van der Waals surface area (Å²) >= 11 is 1.08. The summed E-state index contributed by atoms with van der Waals surface area (Å²) in [5.41, 5.74) is 7.67. The standard InChI is InChI=1S/C13H15FN2O2S2/c1-9-6-11(14)3-2-10(9)4-5-16-20(17,18)13-7-12(15)8-19-13/h2-3,6-8,16H,4-5,15H2,1H3. The highest BCUT2D eigenvalue weighted by molar-refractivity contribution is 7.91. The highest BCUT2D eigenvalue weighted by Crippen LogP contribution is 2.21. The first-order chi connectivity index (χ1) is 9.38. The Balaban J connectivity index is 1.99. The second-order valence-electron chi connectivity index (χ2n) is 4.42. The molecule has 2 rings (SSSR count). The molecule has 0 saturated carbocycles. The molecule has 0 fully saturated rings. The van der Waals surface area contributed by atoms with Crippen molar-refractivity contribution in [2.24, 2.45) is 0 Å².